The third-order valence-electron chi connectivity index (χ3n) is 10.2. The average molecular weight is 953 g/mol. The first-order chi connectivity index (χ1) is 29.8. The molecular weight excluding hydrogens is 900 g/mol. The molecule has 302 valence electrons. The van der Waals surface area contributed by atoms with E-state index in [-0.39, 0.29) is 21.1 Å². The van der Waals surface area contributed by atoms with Crippen LogP contribution in [0, 0.1) is 13.3 Å². The molecule has 8 rings (SSSR count). The van der Waals surface area contributed by atoms with Gasteiger partial charge >= 0.3 is 22.6 Å². The summed E-state index contributed by atoms with van der Waals surface area (Å²) < 4.78 is 15.0. The van der Waals surface area contributed by atoms with Gasteiger partial charge in [0.2, 0.25) is 0 Å². The molecule has 0 aromatic heterocycles. The van der Waals surface area contributed by atoms with Gasteiger partial charge in [0, 0.05) is 21.1 Å². The van der Waals surface area contributed by atoms with E-state index in [1.165, 1.54) is 67.1 Å². The topological polar surface area (TPSA) is 39.8 Å². The molecule has 0 saturated heterocycles. The first-order valence-corrected chi connectivity index (χ1v) is 26.9. The largest absolute Gasteiger partial charge is 0.101 e. The molecule has 0 unspecified atom stereocenters. The van der Waals surface area contributed by atoms with Gasteiger partial charge < -0.3 is 0 Å². The van der Waals surface area contributed by atoms with Crippen LogP contribution in [0.3, 0.4) is 0 Å². The Morgan fingerprint density at radius 1 is 0.213 bits per heavy atom. The number of rotatable bonds is 14. The molecule has 0 spiro atoms. The van der Waals surface area contributed by atoms with Crippen LogP contribution in [-0.4, -0.2) is 24.6 Å². The van der Waals surface area contributed by atoms with Gasteiger partial charge in [-0.3, -0.25) is 0 Å². The summed E-state index contributed by atoms with van der Waals surface area (Å²) in [7, 11) is -3.13. The second-order valence-corrected chi connectivity index (χ2v) is 24.3. The molecule has 8 aromatic rings. The second-order valence-electron chi connectivity index (χ2n) is 13.8. The number of benzene rings is 8. The summed E-state index contributed by atoms with van der Waals surface area (Å²) in [4.78, 5) is 0. The number of hydrogen-bond acceptors (Lipinski definition) is 0. The quantitative estimate of drug-likeness (QED) is 0.0452. The standard InChI is InChI=1S/2C26H24P2.2CO.Mo/c2*1-5-13-23(14-6-1)27(24-15-7-2-8-16-24)21-22-28(25-17-9-3-10-18-25)26-19-11-4-12-20-26;2*1-2;/h2*1-20H,21-22H2;;;/p+4. The summed E-state index contributed by atoms with van der Waals surface area (Å²) in [5.41, 5.74) is 0. The summed E-state index contributed by atoms with van der Waals surface area (Å²) >= 11 is 0. The summed E-state index contributed by atoms with van der Waals surface area (Å²) in [5.74, 6) is 0. The molecule has 0 fully saturated rings. The van der Waals surface area contributed by atoms with Crippen molar-refractivity contribution in [2.24, 2.45) is 0 Å². The molecule has 0 atom stereocenters. The Morgan fingerprint density at radius 3 is 0.410 bits per heavy atom. The number of hydrogen-bond donors (Lipinski definition) is 0. The van der Waals surface area contributed by atoms with Gasteiger partial charge in [0.05, 0.1) is 74.1 Å². The van der Waals surface area contributed by atoms with E-state index in [4.69, 9.17) is 9.30 Å². The molecule has 7 heteroatoms. The Hall–Kier alpha value is -4.35. The Balaban J connectivity index is 0.000000245. The summed E-state index contributed by atoms with van der Waals surface area (Å²) in [6.45, 7) is 9.00. The summed E-state index contributed by atoms with van der Waals surface area (Å²) in [5, 5.41) is 12.1. The van der Waals surface area contributed by atoms with E-state index < -0.39 is 31.7 Å². The third-order valence-corrected chi connectivity index (χ3v) is 22.5. The van der Waals surface area contributed by atoms with Crippen LogP contribution < -0.4 is 42.4 Å². The van der Waals surface area contributed by atoms with E-state index in [0.717, 1.165) is 0 Å². The molecule has 0 radical (unpaired) electrons. The van der Waals surface area contributed by atoms with Gasteiger partial charge in [-0.2, -0.15) is 0 Å². The van der Waals surface area contributed by atoms with Crippen molar-refractivity contribution in [3.63, 3.8) is 0 Å². The fourth-order valence-electron chi connectivity index (χ4n) is 7.44. The molecule has 0 bridgehead atoms. The predicted molar refractivity (Wildman–Crippen MR) is 269 cm³/mol. The van der Waals surface area contributed by atoms with Crippen molar-refractivity contribution in [2.75, 3.05) is 24.6 Å². The minimum atomic E-state index is -0.783. The Bertz CT molecular complexity index is 1860. The SMILES string of the molecule is [C-]#[O+].[C-]#[O+].[Mo].c1ccc([PH+](CC[PH+](c2ccccc2)c2ccccc2)c2ccccc2)cc1.c1ccc([PH+](CC[PH+](c2ccccc2)c2ccccc2)c2ccccc2)cc1. The molecule has 0 saturated carbocycles. The first-order valence-electron chi connectivity index (χ1n) is 20.1. The van der Waals surface area contributed by atoms with Crippen molar-refractivity contribution in [2.45, 2.75) is 0 Å². The van der Waals surface area contributed by atoms with Crippen LogP contribution in [0.5, 0.6) is 0 Å². The van der Waals surface area contributed by atoms with Gasteiger partial charge in [0.25, 0.3) is 0 Å². The molecule has 8 aromatic carbocycles. The van der Waals surface area contributed by atoms with E-state index in [1.54, 1.807) is 0 Å². The van der Waals surface area contributed by atoms with E-state index >= 15 is 0 Å². The van der Waals surface area contributed by atoms with Crippen LogP contribution in [0.25, 0.3) is 0 Å². The van der Waals surface area contributed by atoms with Crippen LogP contribution in [-0.2, 0) is 30.4 Å². The van der Waals surface area contributed by atoms with Crippen LogP contribution in [0.1, 0.15) is 0 Å². The van der Waals surface area contributed by atoms with E-state index in [0.29, 0.717) is 0 Å². The van der Waals surface area contributed by atoms with Crippen LogP contribution in [0.2, 0.25) is 0 Å². The molecule has 0 aliphatic carbocycles. The molecule has 0 aliphatic heterocycles. The van der Waals surface area contributed by atoms with E-state index in [1.807, 2.05) is 0 Å². The van der Waals surface area contributed by atoms with Crippen molar-refractivity contribution >= 4 is 74.1 Å². The zero-order valence-corrected chi connectivity index (χ0v) is 40.2. The van der Waals surface area contributed by atoms with Crippen molar-refractivity contribution < 1.29 is 30.4 Å². The molecule has 2 nitrogen and oxygen atoms in total. The van der Waals surface area contributed by atoms with Crippen LogP contribution >= 0.6 is 31.7 Å². The van der Waals surface area contributed by atoms with Crippen molar-refractivity contribution in [3.05, 3.63) is 256 Å². The maximum atomic E-state index is 7.50. The molecule has 0 amide bonds. The third kappa shape index (κ3) is 15.5. The summed E-state index contributed by atoms with van der Waals surface area (Å²) in [6, 6.07) is 89.0. The van der Waals surface area contributed by atoms with E-state index in [2.05, 4.69) is 256 Å². The fraction of sp³-hybridized carbons (Fsp3) is 0.0741. The van der Waals surface area contributed by atoms with Gasteiger partial charge in [0.15, 0.2) is 0 Å². The zero-order valence-electron chi connectivity index (χ0n) is 34.1. The van der Waals surface area contributed by atoms with Gasteiger partial charge in [-0.25, -0.2) is 0 Å². The second kappa shape index (κ2) is 29.0. The van der Waals surface area contributed by atoms with Crippen molar-refractivity contribution in [1.82, 2.24) is 0 Å². The zero-order chi connectivity index (χ0) is 42.0. The Morgan fingerprint density at radius 2 is 0.311 bits per heavy atom. The molecule has 61 heavy (non-hydrogen) atoms. The van der Waals surface area contributed by atoms with Gasteiger partial charge in [0.1, 0.15) is 24.6 Å². The van der Waals surface area contributed by atoms with Crippen molar-refractivity contribution in [1.29, 1.82) is 0 Å². The smallest absolute Gasteiger partial charge is 0.0620 e. The van der Waals surface area contributed by atoms with Gasteiger partial charge in [-0.15, -0.1) is 0 Å². The van der Waals surface area contributed by atoms with Gasteiger partial charge in [-0.05, 0) is 97.1 Å². The minimum Gasteiger partial charge on any atom is -0.0620 e. The Labute approximate surface area is 382 Å². The maximum Gasteiger partial charge on any atom is 0.101 e. The van der Waals surface area contributed by atoms with E-state index in [9.17, 15) is 0 Å². The van der Waals surface area contributed by atoms with Crippen LogP contribution in [0.4, 0.5) is 0 Å². The minimum absolute atomic E-state index is 0. The summed E-state index contributed by atoms with van der Waals surface area (Å²) in [6.07, 6.45) is 5.04. The fourth-order valence-corrected chi connectivity index (χ4v) is 19.8. The predicted octanol–water partition coefficient (Wildman–Crippen LogP) is 9.36. The molecule has 0 N–H and O–H groups in total. The van der Waals surface area contributed by atoms with Gasteiger partial charge in [-0.1, -0.05) is 146 Å². The monoisotopic (exact) mass is 954 g/mol. The van der Waals surface area contributed by atoms with Crippen molar-refractivity contribution in [3.8, 4) is 0 Å². The maximum absolute atomic E-state index is 7.50. The average Bonchev–Trinajstić information content (AvgIpc) is 3.35. The first kappa shape index (κ1) is 49.3. The Kier molecular flexibility index (Phi) is 23.5. The molecule has 0 heterocycles. The normalized spacial score (nSPS) is 10.2. The molecular formula is C54H52MoO2P4+4. The van der Waals surface area contributed by atoms with Crippen LogP contribution in [0.15, 0.2) is 243 Å². The molecule has 0 aliphatic rings.